The molecule has 3 fully saturated rings. The van der Waals surface area contributed by atoms with E-state index in [1.807, 2.05) is 0 Å². The molecule has 4 rings (SSSR count). The number of amides is 1. The van der Waals surface area contributed by atoms with Gasteiger partial charge in [-0.1, -0.05) is 32.1 Å². The Morgan fingerprint density at radius 3 is 2.31 bits per heavy atom. The van der Waals surface area contributed by atoms with Crippen LogP contribution >= 0.6 is 0 Å². The molecule has 1 amide bonds. The number of anilines is 1. The van der Waals surface area contributed by atoms with E-state index >= 15 is 0 Å². The third-order valence-electron chi connectivity index (χ3n) is 7.78. The van der Waals surface area contributed by atoms with Crippen molar-refractivity contribution in [2.24, 2.45) is 11.7 Å². The van der Waals surface area contributed by atoms with Crippen molar-refractivity contribution in [3.8, 4) is 0 Å². The summed E-state index contributed by atoms with van der Waals surface area (Å²) in [5.74, 6) is 0.561. The summed E-state index contributed by atoms with van der Waals surface area (Å²) in [4.78, 5) is 20.0. The van der Waals surface area contributed by atoms with Gasteiger partial charge in [-0.05, 0) is 55.9 Å². The topological polar surface area (TPSA) is 73.0 Å². The van der Waals surface area contributed by atoms with E-state index in [1.54, 1.807) is 17.0 Å². The third-order valence-corrected chi connectivity index (χ3v) is 7.78. The van der Waals surface area contributed by atoms with Crippen molar-refractivity contribution in [3.05, 3.63) is 30.1 Å². The number of β-amino-alcohol motifs (C(OH)–C–C–N with tert-alkyl or cyclic N) is 1. The van der Waals surface area contributed by atoms with Crippen LogP contribution in [0.5, 0.6) is 0 Å². The number of carbonyl (C=O) groups is 1. The van der Waals surface area contributed by atoms with Gasteiger partial charge in [-0.2, -0.15) is 0 Å². The molecule has 32 heavy (non-hydrogen) atoms. The Kier molecular flexibility index (Phi) is 7.69. The Labute approximate surface area is 191 Å². The molecule has 1 spiro atoms. The van der Waals surface area contributed by atoms with Crippen molar-refractivity contribution in [2.75, 3.05) is 44.3 Å². The molecule has 1 aromatic rings. The van der Waals surface area contributed by atoms with Gasteiger partial charge in [-0.3, -0.25) is 4.79 Å². The quantitative estimate of drug-likeness (QED) is 0.703. The minimum atomic E-state index is -0.733. The maximum Gasteiger partial charge on any atom is 0.250 e. The number of benzene rings is 1. The van der Waals surface area contributed by atoms with Crippen LogP contribution in [0.15, 0.2) is 24.3 Å². The van der Waals surface area contributed by atoms with Gasteiger partial charge in [0.15, 0.2) is 0 Å². The van der Waals surface area contributed by atoms with Crippen LogP contribution in [0.3, 0.4) is 0 Å². The molecule has 1 atom stereocenters. The third kappa shape index (κ3) is 5.10. The lowest BCUT2D eigenvalue weighted by Crippen LogP contribution is -2.57. The van der Waals surface area contributed by atoms with Crippen LogP contribution in [-0.4, -0.2) is 71.8 Å². The molecule has 2 heterocycles. The predicted molar refractivity (Wildman–Crippen MR) is 125 cm³/mol. The van der Waals surface area contributed by atoms with E-state index in [9.17, 15) is 14.3 Å². The van der Waals surface area contributed by atoms with Crippen LogP contribution < -0.4 is 10.6 Å². The monoisotopic (exact) mass is 446 g/mol. The first kappa shape index (κ1) is 23.5. The van der Waals surface area contributed by atoms with Crippen LogP contribution in [0, 0.1) is 11.7 Å². The number of aliphatic hydroxyl groups excluding tert-OH is 1. The van der Waals surface area contributed by atoms with E-state index < -0.39 is 11.6 Å². The Morgan fingerprint density at radius 2 is 1.69 bits per heavy atom. The number of hydrogen-bond acceptors (Lipinski definition) is 5. The Bertz CT molecular complexity index is 743. The fourth-order valence-corrected chi connectivity index (χ4v) is 5.88. The summed E-state index contributed by atoms with van der Waals surface area (Å²) in [7, 11) is 0. The second-order valence-corrected chi connectivity index (χ2v) is 10.0. The first-order valence-electron chi connectivity index (χ1n) is 12.4. The van der Waals surface area contributed by atoms with Gasteiger partial charge < -0.3 is 25.5 Å². The zero-order valence-electron chi connectivity index (χ0n) is 19.2. The predicted octanol–water partition coefficient (Wildman–Crippen LogP) is 2.95. The summed E-state index contributed by atoms with van der Waals surface area (Å²) in [6.45, 7) is 3.70. The molecular weight excluding hydrogens is 407 g/mol. The Hall–Kier alpha value is -1.70. The highest BCUT2D eigenvalue weighted by atomic mass is 19.1. The number of aliphatic hydroxyl groups is 1. The van der Waals surface area contributed by atoms with Gasteiger partial charge in [0.25, 0.3) is 0 Å². The zero-order chi connectivity index (χ0) is 22.6. The van der Waals surface area contributed by atoms with Gasteiger partial charge in [0.2, 0.25) is 5.91 Å². The minimum absolute atomic E-state index is 0.0694. The van der Waals surface area contributed by atoms with E-state index in [4.69, 9.17) is 5.73 Å². The largest absolute Gasteiger partial charge is 0.390 e. The molecule has 3 N–H and O–H groups in total. The summed E-state index contributed by atoms with van der Waals surface area (Å²) in [5, 5.41) is 10.1. The van der Waals surface area contributed by atoms with Crippen molar-refractivity contribution in [2.45, 2.75) is 69.4 Å². The van der Waals surface area contributed by atoms with Crippen LogP contribution in [-0.2, 0) is 4.79 Å². The first-order valence-corrected chi connectivity index (χ1v) is 12.4. The molecule has 7 heteroatoms. The number of hydrogen-bond donors (Lipinski definition) is 2. The Balaban J connectivity index is 1.47. The molecule has 0 bridgehead atoms. The fourth-order valence-electron chi connectivity index (χ4n) is 5.88. The molecule has 3 aliphatic rings. The molecule has 2 aliphatic heterocycles. The number of carbonyl (C=O) groups excluding carboxylic acids is 1. The molecule has 6 nitrogen and oxygen atoms in total. The number of nitrogens with two attached hydrogens (primary N) is 1. The lowest BCUT2D eigenvalue weighted by Gasteiger charge is -2.44. The molecule has 178 valence electrons. The SMILES string of the molecule is NC[C@H](O)CN1CN(c2ccc(F)cc2)C2(CCN(CC3CCCCCCC3)CC2)C1=O. The second kappa shape index (κ2) is 10.5. The minimum Gasteiger partial charge on any atom is -0.390 e. The second-order valence-electron chi connectivity index (χ2n) is 10.0. The van der Waals surface area contributed by atoms with E-state index in [-0.39, 0.29) is 24.8 Å². The van der Waals surface area contributed by atoms with E-state index in [1.165, 1.54) is 57.1 Å². The molecule has 1 saturated carbocycles. The maximum absolute atomic E-state index is 13.6. The van der Waals surface area contributed by atoms with Gasteiger partial charge >= 0.3 is 0 Å². The number of nitrogens with zero attached hydrogens (tertiary/aromatic N) is 3. The van der Waals surface area contributed by atoms with Gasteiger partial charge in [0.05, 0.1) is 12.8 Å². The van der Waals surface area contributed by atoms with Crippen LogP contribution in [0.1, 0.15) is 57.8 Å². The van der Waals surface area contributed by atoms with Crippen molar-refractivity contribution >= 4 is 11.6 Å². The lowest BCUT2D eigenvalue weighted by atomic mass is 9.84. The summed E-state index contributed by atoms with van der Waals surface area (Å²) in [6, 6.07) is 6.42. The summed E-state index contributed by atoms with van der Waals surface area (Å²) in [6.07, 6.45) is 10.2. The molecule has 0 aromatic heterocycles. The highest BCUT2D eigenvalue weighted by Gasteiger charge is 2.53. The van der Waals surface area contributed by atoms with Gasteiger partial charge in [0.1, 0.15) is 11.4 Å². The fraction of sp³-hybridized carbons (Fsp3) is 0.720. The smallest absolute Gasteiger partial charge is 0.250 e. The van der Waals surface area contributed by atoms with E-state index in [0.717, 1.165) is 44.1 Å². The normalized spacial score (nSPS) is 24.0. The van der Waals surface area contributed by atoms with Crippen molar-refractivity contribution in [3.63, 3.8) is 0 Å². The molecule has 2 saturated heterocycles. The summed E-state index contributed by atoms with van der Waals surface area (Å²) < 4.78 is 13.6. The first-order chi connectivity index (χ1) is 15.5. The maximum atomic E-state index is 13.6. The van der Waals surface area contributed by atoms with Crippen molar-refractivity contribution in [1.29, 1.82) is 0 Å². The Morgan fingerprint density at radius 1 is 1.06 bits per heavy atom. The average molecular weight is 447 g/mol. The number of halogens is 1. The number of piperidine rings is 1. The number of rotatable bonds is 6. The standard InChI is InChI=1S/C25H39FN4O2/c26-21-8-10-22(11-9-21)30-19-29(18-23(31)16-27)24(32)25(30)12-14-28(15-13-25)17-20-6-4-2-1-3-5-7-20/h8-11,20,23,31H,1-7,12-19,27H2/t23-/m0/s1. The summed E-state index contributed by atoms with van der Waals surface area (Å²) in [5.41, 5.74) is 5.84. The van der Waals surface area contributed by atoms with E-state index in [2.05, 4.69) is 9.80 Å². The van der Waals surface area contributed by atoms with Crippen molar-refractivity contribution in [1.82, 2.24) is 9.80 Å². The van der Waals surface area contributed by atoms with Crippen molar-refractivity contribution < 1.29 is 14.3 Å². The molecular formula is C25H39FN4O2. The molecule has 1 aromatic carbocycles. The van der Waals surface area contributed by atoms with Crippen LogP contribution in [0.25, 0.3) is 0 Å². The van der Waals surface area contributed by atoms with E-state index in [0.29, 0.717) is 6.67 Å². The molecule has 0 radical (unpaired) electrons. The van der Waals surface area contributed by atoms with Crippen LogP contribution in [0.4, 0.5) is 10.1 Å². The van der Waals surface area contributed by atoms with Gasteiger partial charge in [0, 0.05) is 38.4 Å². The average Bonchev–Trinajstić information content (AvgIpc) is 3.03. The lowest BCUT2D eigenvalue weighted by molar-refractivity contribution is -0.134. The number of likely N-dealkylation sites (tertiary alicyclic amines) is 1. The van der Waals surface area contributed by atoms with Gasteiger partial charge in [-0.25, -0.2) is 4.39 Å². The molecule has 0 unspecified atom stereocenters. The van der Waals surface area contributed by atoms with Crippen LogP contribution in [0.2, 0.25) is 0 Å². The molecule has 1 aliphatic carbocycles. The zero-order valence-corrected chi connectivity index (χ0v) is 19.2. The highest BCUT2D eigenvalue weighted by Crippen LogP contribution is 2.40. The summed E-state index contributed by atoms with van der Waals surface area (Å²) >= 11 is 0. The van der Waals surface area contributed by atoms with Gasteiger partial charge in [-0.15, -0.1) is 0 Å². The highest BCUT2D eigenvalue weighted by molar-refractivity contribution is 5.93.